The van der Waals surface area contributed by atoms with Crippen molar-refractivity contribution in [1.82, 2.24) is 5.32 Å². The van der Waals surface area contributed by atoms with Gasteiger partial charge in [0.05, 0.1) is 6.10 Å². The Morgan fingerprint density at radius 3 is 2.83 bits per heavy atom. The molecule has 0 aromatic heterocycles. The van der Waals surface area contributed by atoms with Crippen molar-refractivity contribution in [2.75, 3.05) is 13.2 Å². The first-order valence-corrected chi connectivity index (χ1v) is 5.18. The molecule has 0 aliphatic carbocycles. The number of nitrogens with one attached hydrogen (secondary N) is 1. The molecule has 2 nitrogen and oxygen atoms in total. The molecule has 2 saturated heterocycles. The molecule has 0 aromatic rings. The summed E-state index contributed by atoms with van der Waals surface area (Å²) in [6.45, 7) is 4.47. The van der Waals surface area contributed by atoms with Crippen LogP contribution in [0.2, 0.25) is 0 Å². The zero-order valence-corrected chi connectivity index (χ0v) is 7.94. The predicted molar refractivity (Wildman–Crippen MR) is 49.2 cm³/mol. The van der Waals surface area contributed by atoms with Crippen molar-refractivity contribution < 1.29 is 4.74 Å². The largest absolute Gasteiger partial charge is 0.376 e. The molecule has 70 valence electrons. The van der Waals surface area contributed by atoms with Gasteiger partial charge in [0.25, 0.3) is 0 Å². The molecular weight excluding hydrogens is 150 g/mol. The van der Waals surface area contributed by atoms with E-state index in [1.807, 2.05) is 0 Å². The summed E-state index contributed by atoms with van der Waals surface area (Å²) in [6, 6.07) is 0. The maximum atomic E-state index is 5.80. The minimum atomic E-state index is 0.292. The van der Waals surface area contributed by atoms with E-state index in [4.69, 9.17) is 4.74 Å². The van der Waals surface area contributed by atoms with Crippen LogP contribution in [0.25, 0.3) is 0 Å². The lowest BCUT2D eigenvalue weighted by Crippen LogP contribution is -2.50. The fourth-order valence-corrected chi connectivity index (χ4v) is 2.44. The minimum Gasteiger partial charge on any atom is -0.376 e. The summed E-state index contributed by atoms with van der Waals surface area (Å²) in [4.78, 5) is 0. The van der Waals surface area contributed by atoms with E-state index in [1.54, 1.807) is 0 Å². The second-order valence-electron chi connectivity index (χ2n) is 4.30. The Bertz CT molecular complexity index is 146. The average Bonchev–Trinajstić information content (AvgIpc) is 2.55. The van der Waals surface area contributed by atoms with Crippen molar-refractivity contribution in [3.8, 4) is 0 Å². The van der Waals surface area contributed by atoms with E-state index in [9.17, 15) is 0 Å². The maximum Gasteiger partial charge on any atom is 0.0753 e. The van der Waals surface area contributed by atoms with Crippen molar-refractivity contribution in [1.29, 1.82) is 0 Å². The summed E-state index contributed by atoms with van der Waals surface area (Å²) in [7, 11) is 0. The molecule has 2 heterocycles. The van der Waals surface area contributed by atoms with Crippen molar-refractivity contribution in [2.45, 2.75) is 50.7 Å². The standard InChI is InChI=1S/C10H19NO/c1-10(6-4-7-11-10)9-5-2-3-8-12-9/h9,11H,2-8H2,1H3. The fraction of sp³-hybridized carbons (Fsp3) is 1.00. The van der Waals surface area contributed by atoms with E-state index in [0.29, 0.717) is 11.6 Å². The van der Waals surface area contributed by atoms with Gasteiger partial charge in [0.15, 0.2) is 0 Å². The minimum absolute atomic E-state index is 0.292. The molecule has 0 saturated carbocycles. The van der Waals surface area contributed by atoms with Crippen LogP contribution in [0, 0.1) is 0 Å². The Labute approximate surface area is 74.7 Å². The van der Waals surface area contributed by atoms with E-state index in [2.05, 4.69) is 12.2 Å². The van der Waals surface area contributed by atoms with E-state index in [-0.39, 0.29) is 0 Å². The molecular formula is C10H19NO. The van der Waals surface area contributed by atoms with Crippen LogP contribution < -0.4 is 5.32 Å². The molecule has 0 amide bonds. The van der Waals surface area contributed by atoms with Gasteiger partial charge in [-0.1, -0.05) is 0 Å². The molecule has 2 unspecified atom stereocenters. The number of hydrogen-bond acceptors (Lipinski definition) is 2. The maximum absolute atomic E-state index is 5.80. The summed E-state index contributed by atoms with van der Waals surface area (Å²) in [6.07, 6.45) is 6.94. The average molecular weight is 169 g/mol. The number of hydrogen-bond donors (Lipinski definition) is 1. The molecule has 0 bridgehead atoms. The van der Waals surface area contributed by atoms with Crippen molar-refractivity contribution in [3.63, 3.8) is 0 Å². The summed E-state index contributed by atoms with van der Waals surface area (Å²) < 4.78 is 5.80. The molecule has 0 aromatic carbocycles. The van der Waals surface area contributed by atoms with Crippen LogP contribution in [-0.4, -0.2) is 24.8 Å². The van der Waals surface area contributed by atoms with E-state index in [0.717, 1.165) is 6.61 Å². The van der Waals surface area contributed by atoms with E-state index in [1.165, 1.54) is 38.6 Å². The van der Waals surface area contributed by atoms with Crippen molar-refractivity contribution >= 4 is 0 Å². The van der Waals surface area contributed by atoms with Crippen molar-refractivity contribution in [3.05, 3.63) is 0 Å². The second-order valence-corrected chi connectivity index (χ2v) is 4.30. The van der Waals surface area contributed by atoms with Crippen LogP contribution >= 0.6 is 0 Å². The van der Waals surface area contributed by atoms with E-state index < -0.39 is 0 Å². The summed E-state index contributed by atoms with van der Waals surface area (Å²) in [5, 5.41) is 3.58. The Morgan fingerprint density at radius 2 is 2.25 bits per heavy atom. The fourth-order valence-electron chi connectivity index (χ4n) is 2.44. The third-order valence-corrected chi connectivity index (χ3v) is 3.29. The lowest BCUT2D eigenvalue weighted by atomic mass is 9.88. The zero-order chi connectivity index (χ0) is 8.44. The van der Waals surface area contributed by atoms with Crippen LogP contribution in [0.15, 0.2) is 0 Å². The first-order chi connectivity index (χ1) is 5.81. The third-order valence-electron chi connectivity index (χ3n) is 3.29. The topological polar surface area (TPSA) is 21.3 Å². The van der Waals surface area contributed by atoms with Gasteiger partial charge in [0, 0.05) is 12.1 Å². The molecule has 2 atom stereocenters. The highest BCUT2D eigenvalue weighted by Gasteiger charge is 2.37. The molecule has 0 radical (unpaired) electrons. The van der Waals surface area contributed by atoms with Crippen LogP contribution in [0.4, 0.5) is 0 Å². The summed E-state index contributed by atoms with van der Waals surface area (Å²) >= 11 is 0. The normalized spacial score (nSPS) is 43.2. The van der Waals surface area contributed by atoms with Gasteiger partial charge >= 0.3 is 0 Å². The van der Waals surface area contributed by atoms with Gasteiger partial charge in [0.2, 0.25) is 0 Å². The molecule has 2 heteroatoms. The highest BCUT2D eigenvalue weighted by atomic mass is 16.5. The van der Waals surface area contributed by atoms with Crippen LogP contribution in [0.3, 0.4) is 0 Å². The molecule has 2 fully saturated rings. The SMILES string of the molecule is CC1(C2CCCCO2)CCCN1. The van der Waals surface area contributed by atoms with Gasteiger partial charge in [-0.15, -0.1) is 0 Å². The Kier molecular flexibility index (Phi) is 2.37. The van der Waals surface area contributed by atoms with Crippen LogP contribution in [-0.2, 0) is 4.74 Å². The number of rotatable bonds is 1. The highest BCUT2D eigenvalue weighted by Crippen LogP contribution is 2.30. The molecule has 1 N–H and O–H groups in total. The monoisotopic (exact) mass is 169 g/mol. The van der Waals surface area contributed by atoms with Crippen LogP contribution in [0.1, 0.15) is 39.0 Å². The van der Waals surface area contributed by atoms with Gasteiger partial charge in [-0.05, 0) is 45.6 Å². The quantitative estimate of drug-likeness (QED) is 0.645. The van der Waals surface area contributed by atoms with Gasteiger partial charge in [-0.2, -0.15) is 0 Å². The molecule has 2 rings (SSSR count). The number of ether oxygens (including phenoxy) is 1. The Balaban J connectivity index is 1.96. The van der Waals surface area contributed by atoms with E-state index >= 15 is 0 Å². The first kappa shape index (κ1) is 8.52. The molecule has 2 aliphatic heterocycles. The van der Waals surface area contributed by atoms with Gasteiger partial charge < -0.3 is 10.1 Å². The molecule has 0 spiro atoms. The summed E-state index contributed by atoms with van der Waals surface area (Å²) in [5.41, 5.74) is 0.292. The molecule has 12 heavy (non-hydrogen) atoms. The van der Waals surface area contributed by atoms with Gasteiger partial charge in [0.1, 0.15) is 0 Å². The third kappa shape index (κ3) is 1.50. The van der Waals surface area contributed by atoms with Crippen molar-refractivity contribution in [2.24, 2.45) is 0 Å². The predicted octanol–water partition coefficient (Wildman–Crippen LogP) is 1.70. The highest BCUT2D eigenvalue weighted by molar-refractivity contribution is 4.96. The Hall–Kier alpha value is -0.0800. The smallest absolute Gasteiger partial charge is 0.0753 e. The molecule has 2 aliphatic rings. The lowest BCUT2D eigenvalue weighted by molar-refractivity contribution is -0.0338. The van der Waals surface area contributed by atoms with Crippen LogP contribution in [0.5, 0.6) is 0 Å². The Morgan fingerprint density at radius 1 is 1.33 bits per heavy atom. The lowest BCUT2D eigenvalue weighted by Gasteiger charge is -2.36. The van der Waals surface area contributed by atoms with Gasteiger partial charge in [-0.3, -0.25) is 0 Å². The van der Waals surface area contributed by atoms with Gasteiger partial charge in [-0.25, -0.2) is 0 Å². The summed E-state index contributed by atoms with van der Waals surface area (Å²) in [5.74, 6) is 0. The second kappa shape index (κ2) is 3.35. The first-order valence-electron chi connectivity index (χ1n) is 5.18. The zero-order valence-electron chi connectivity index (χ0n) is 7.94.